The maximum atomic E-state index is 13.6. The molecule has 0 aromatic heterocycles. The van der Waals surface area contributed by atoms with Crippen molar-refractivity contribution in [2.45, 2.75) is 57.0 Å². The third-order valence-electron chi connectivity index (χ3n) is 8.29. The minimum absolute atomic E-state index is 0.0455. The number of hydrogen-bond acceptors (Lipinski definition) is 4. The summed E-state index contributed by atoms with van der Waals surface area (Å²) < 4.78 is 5.16. The van der Waals surface area contributed by atoms with Gasteiger partial charge in [-0.25, -0.2) is 0 Å². The lowest BCUT2D eigenvalue weighted by molar-refractivity contribution is -0.144. The summed E-state index contributed by atoms with van der Waals surface area (Å²) in [4.78, 5) is 30.4. The number of nitrogens with zero attached hydrogens (tertiary/aromatic N) is 2. The second kappa shape index (κ2) is 8.80. The highest BCUT2D eigenvalue weighted by Gasteiger charge is 2.44. The van der Waals surface area contributed by atoms with Crippen LogP contribution in [0, 0.1) is 0 Å². The number of anilines is 1. The van der Waals surface area contributed by atoms with Gasteiger partial charge in [-0.15, -0.1) is 0 Å². The van der Waals surface area contributed by atoms with Gasteiger partial charge in [0.05, 0.1) is 18.9 Å². The maximum absolute atomic E-state index is 13.6. The molecule has 5 heteroatoms. The third-order valence-corrected chi connectivity index (χ3v) is 8.29. The van der Waals surface area contributed by atoms with Crippen LogP contribution in [-0.4, -0.2) is 42.5 Å². The van der Waals surface area contributed by atoms with Crippen molar-refractivity contribution in [2.24, 2.45) is 0 Å². The van der Waals surface area contributed by atoms with Gasteiger partial charge in [0.1, 0.15) is 0 Å². The lowest BCUT2D eigenvalue weighted by atomic mass is 9.93. The molecule has 3 aromatic carbocycles. The normalized spacial score (nSPS) is 24.2. The second-order valence-electron chi connectivity index (χ2n) is 10.1. The fourth-order valence-corrected chi connectivity index (χ4v) is 6.78. The largest absolute Gasteiger partial charge is 0.466 e. The highest BCUT2D eigenvalue weighted by Crippen LogP contribution is 2.49. The van der Waals surface area contributed by atoms with Crippen molar-refractivity contribution in [3.63, 3.8) is 0 Å². The van der Waals surface area contributed by atoms with E-state index in [2.05, 4.69) is 48.2 Å². The highest BCUT2D eigenvalue weighted by molar-refractivity contribution is 6.07. The van der Waals surface area contributed by atoms with Gasteiger partial charge in [0.25, 0.3) is 0 Å². The molecule has 1 saturated heterocycles. The molecule has 180 valence electrons. The number of carbonyl (C=O) groups is 2. The number of para-hydroxylation sites is 1. The van der Waals surface area contributed by atoms with Crippen LogP contribution in [0.15, 0.2) is 60.7 Å². The number of likely N-dealkylation sites (tertiary alicyclic amines) is 1. The van der Waals surface area contributed by atoms with Gasteiger partial charge in [0.2, 0.25) is 5.91 Å². The average Bonchev–Trinajstić information content (AvgIpc) is 3.32. The number of carbonyl (C=O) groups excluding carboxylic acids is 2. The molecule has 35 heavy (non-hydrogen) atoms. The van der Waals surface area contributed by atoms with E-state index in [0.717, 1.165) is 37.2 Å². The Hall–Kier alpha value is -3.18. The Morgan fingerprint density at radius 3 is 2.37 bits per heavy atom. The molecule has 0 saturated carbocycles. The van der Waals surface area contributed by atoms with Crippen molar-refractivity contribution in [3.8, 4) is 0 Å². The molecule has 2 unspecified atom stereocenters. The standard InChI is InChI=1S/C30H32N2O3/c1-3-35-27(33)18-25-23-10-4-5-13-26(23)32(30(25)34)21-14-16-31(17-15-21)29-19(2)22-11-6-8-20-9-7-12-24(29)28(20)22/h4-13,19,21,25,29H,3,14-18H2,1-2H3/t19?,25?,29-/m0/s1. The maximum Gasteiger partial charge on any atom is 0.306 e. The van der Waals surface area contributed by atoms with Gasteiger partial charge in [-0.3, -0.25) is 14.5 Å². The van der Waals surface area contributed by atoms with Crippen LogP contribution in [0.4, 0.5) is 5.69 Å². The van der Waals surface area contributed by atoms with E-state index in [-0.39, 0.29) is 24.3 Å². The van der Waals surface area contributed by atoms with Crippen molar-refractivity contribution >= 4 is 28.3 Å². The number of amides is 1. The number of fused-ring (bicyclic) bond motifs is 1. The summed E-state index contributed by atoms with van der Waals surface area (Å²) in [5, 5.41) is 2.76. The zero-order chi connectivity index (χ0) is 24.1. The minimum Gasteiger partial charge on any atom is -0.466 e. The van der Waals surface area contributed by atoms with E-state index in [0.29, 0.717) is 18.6 Å². The average molecular weight is 469 g/mol. The molecule has 0 bridgehead atoms. The topological polar surface area (TPSA) is 49.9 Å². The zero-order valence-electron chi connectivity index (χ0n) is 20.4. The van der Waals surface area contributed by atoms with Crippen LogP contribution in [0.5, 0.6) is 0 Å². The predicted octanol–water partition coefficient (Wildman–Crippen LogP) is 5.55. The quantitative estimate of drug-likeness (QED) is 0.461. The van der Waals surface area contributed by atoms with E-state index >= 15 is 0 Å². The molecule has 2 heterocycles. The first-order valence-corrected chi connectivity index (χ1v) is 12.9. The van der Waals surface area contributed by atoms with Crippen LogP contribution >= 0.6 is 0 Å². The van der Waals surface area contributed by atoms with Gasteiger partial charge in [-0.1, -0.05) is 61.5 Å². The van der Waals surface area contributed by atoms with Crippen molar-refractivity contribution in [1.82, 2.24) is 4.90 Å². The first-order valence-electron chi connectivity index (χ1n) is 12.9. The summed E-state index contributed by atoms with van der Waals surface area (Å²) in [5.41, 5.74) is 4.83. The summed E-state index contributed by atoms with van der Waals surface area (Å²) >= 11 is 0. The van der Waals surface area contributed by atoms with Crippen LogP contribution in [0.2, 0.25) is 0 Å². The summed E-state index contributed by atoms with van der Waals surface area (Å²) in [6.07, 6.45) is 1.98. The van der Waals surface area contributed by atoms with E-state index in [1.165, 1.54) is 21.9 Å². The molecule has 3 aromatic rings. The van der Waals surface area contributed by atoms with E-state index in [4.69, 9.17) is 4.74 Å². The minimum atomic E-state index is -0.440. The Morgan fingerprint density at radius 1 is 0.943 bits per heavy atom. The molecule has 6 rings (SSSR count). The second-order valence-corrected chi connectivity index (χ2v) is 10.1. The van der Waals surface area contributed by atoms with Crippen LogP contribution < -0.4 is 4.90 Å². The zero-order valence-corrected chi connectivity index (χ0v) is 20.4. The van der Waals surface area contributed by atoms with Gasteiger partial charge in [-0.05, 0) is 53.3 Å². The molecule has 0 spiro atoms. The Kier molecular flexibility index (Phi) is 5.60. The van der Waals surface area contributed by atoms with E-state index in [1.807, 2.05) is 29.2 Å². The number of esters is 1. The van der Waals surface area contributed by atoms with Gasteiger partial charge in [0, 0.05) is 36.8 Å². The fourth-order valence-electron chi connectivity index (χ4n) is 6.78. The Labute approximate surface area is 206 Å². The molecule has 1 amide bonds. The first kappa shape index (κ1) is 22.3. The van der Waals surface area contributed by atoms with Crippen LogP contribution in [0.1, 0.15) is 67.7 Å². The number of ether oxygens (including phenoxy) is 1. The van der Waals surface area contributed by atoms with E-state index < -0.39 is 5.92 Å². The molecular formula is C30H32N2O3. The SMILES string of the molecule is CCOC(=O)CC1C(=O)N(C2CCN([C@@H]3c4cccc5cccc(c45)C3C)CC2)c2ccccc21. The van der Waals surface area contributed by atoms with Crippen molar-refractivity contribution in [1.29, 1.82) is 0 Å². The summed E-state index contributed by atoms with van der Waals surface area (Å²) in [5.74, 6) is -0.244. The summed E-state index contributed by atoms with van der Waals surface area (Å²) in [6.45, 7) is 6.40. The monoisotopic (exact) mass is 468 g/mol. The van der Waals surface area contributed by atoms with Gasteiger partial charge >= 0.3 is 5.97 Å². The molecule has 1 fully saturated rings. The Morgan fingerprint density at radius 2 is 1.63 bits per heavy atom. The molecular weight excluding hydrogens is 436 g/mol. The molecule has 0 radical (unpaired) electrons. The van der Waals surface area contributed by atoms with Crippen LogP contribution in [0.3, 0.4) is 0 Å². The molecule has 5 nitrogen and oxygen atoms in total. The van der Waals surface area contributed by atoms with Crippen LogP contribution in [-0.2, 0) is 14.3 Å². The molecule has 2 aliphatic heterocycles. The van der Waals surface area contributed by atoms with Crippen molar-refractivity contribution in [3.05, 3.63) is 77.4 Å². The van der Waals surface area contributed by atoms with Crippen LogP contribution in [0.25, 0.3) is 10.8 Å². The number of rotatable bonds is 5. The molecule has 0 N–H and O–H groups in total. The first-order chi connectivity index (χ1) is 17.1. The smallest absolute Gasteiger partial charge is 0.306 e. The van der Waals surface area contributed by atoms with Gasteiger partial charge in [0.15, 0.2) is 0 Å². The fraction of sp³-hybridized carbons (Fsp3) is 0.400. The van der Waals surface area contributed by atoms with E-state index in [1.54, 1.807) is 6.92 Å². The lowest BCUT2D eigenvalue weighted by Crippen LogP contribution is -2.48. The molecule has 3 atom stereocenters. The van der Waals surface area contributed by atoms with Crippen molar-refractivity contribution < 1.29 is 14.3 Å². The summed E-state index contributed by atoms with van der Waals surface area (Å²) in [6, 6.07) is 21.9. The summed E-state index contributed by atoms with van der Waals surface area (Å²) in [7, 11) is 0. The third kappa shape index (κ3) is 3.56. The predicted molar refractivity (Wildman–Crippen MR) is 138 cm³/mol. The van der Waals surface area contributed by atoms with E-state index in [9.17, 15) is 9.59 Å². The van der Waals surface area contributed by atoms with Crippen molar-refractivity contribution in [2.75, 3.05) is 24.6 Å². The number of hydrogen-bond donors (Lipinski definition) is 0. The molecule has 1 aliphatic carbocycles. The highest BCUT2D eigenvalue weighted by atomic mass is 16.5. The molecule has 3 aliphatic rings. The number of benzene rings is 3. The van der Waals surface area contributed by atoms with Gasteiger partial charge < -0.3 is 9.64 Å². The Balaban J connectivity index is 1.21. The number of piperidine rings is 1. The lowest BCUT2D eigenvalue weighted by Gasteiger charge is -2.41. The van der Waals surface area contributed by atoms with Gasteiger partial charge in [-0.2, -0.15) is 0 Å². The Bertz CT molecular complexity index is 1290.